The summed E-state index contributed by atoms with van der Waals surface area (Å²) in [5.41, 5.74) is 0.545. The summed E-state index contributed by atoms with van der Waals surface area (Å²) in [6.45, 7) is 0. The second-order valence-electron chi connectivity index (χ2n) is 7.15. The summed E-state index contributed by atoms with van der Waals surface area (Å²) in [5.74, 6) is 0.416. The van der Waals surface area contributed by atoms with Crippen LogP contribution in [-0.2, 0) is 4.79 Å². The highest BCUT2D eigenvalue weighted by atomic mass is 16.5. The highest BCUT2D eigenvalue weighted by molar-refractivity contribution is 5.95. The minimum absolute atomic E-state index is 0.108. The van der Waals surface area contributed by atoms with E-state index in [2.05, 4.69) is 16.7 Å². The lowest BCUT2D eigenvalue weighted by molar-refractivity contribution is -0.127. The Morgan fingerprint density at radius 3 is 2.46 bits per heavy atom. The SMILES string of the molecule is COc1ccc(C(=O)N[C@H]2CCCC[C@H]2C(=O)NC(C#N)C2CC2)cc1. The topological polar surface area (TPSA) is 91.2 Å². The average molecular weight is 355 g/mol. The number of nitriles is 1. The molecule has 26 heavy (non-hydrogen) atoms. The molecule has 3 rings (SSSR count). The standard InChI is InChI=1S/C20H25N3O3/c1-26-15-10-8-14(9-11-15)19(24)22-17-5-3-2-4-16(17)20(25)23-18(12-21)13-6-7-13/h8-11,13,16-18H,2-7H2,1H3,(H,22,24)(H,23,25)/t16-,17+,18?/m1/s1. The Hall–Kier alpha value is -2.55. The molecule has 0 bridgehead atoms. The van der Waals surface area contributed by atoms with Crippen LogP contribution in [0.3, 0.4) is 0 Å². The molecule has 2 amide bonds. The molecule has 0 aliphatic heterocycles. The van der Waals surface area contributed by atoms with Gasteiger partial charge in [0, 0.05) is 11.6 Å². The van der Waals surface area contributed by atoms with E-state index in [-0.39, 0.29) is 23.8 Å². The number of nitrogens with zero attached hydrogens (tertiary/aromatic N) is 1. The van der Waals surface area contributed by atoms with E-state index >= 15 is 0 Å². The average Bonchev–Trinajstić information content (AvgIpc) is 3.51. The molecule has 0 saturated heterocycles. The number of nitrogens with one attached hydrogen (secondary N) is 2. The van der Waals surface area contributed by atoms with Crippen molar-refractivity contribution in [2.45, 2.75) is 50.6 Å². The number of ether oxygens (including phenoxy) is 1. The first-order chi connectivity index (χ1) is 12.6. The van der Waals surface area contributed by atoms with E-state index in [0.29, 0.717) is 17.2 Å². The van der Waals surface area contributed by atoms with Gasteiger partial charge < -0.3 is 15.4 Å². The Balaban J connectivity index is 1.63. The van der Waals surface area contributed by atoms with Crippen molar-refractivity contribution in [3.63, 3.8) is 0 Å². The smallest absolute Gasteiger partial charge is 0.251 e. The Kier molecular flexibility index (Phi) is 5.77. The summed E-state index contributed by atoms with van der Waals surface area (Å²) < 4.78 is 5.11. The van der Waals surface area contributed by atoms with Gasteiger partial charge in [-0.15, -0.1) is 0 Å². The van der Waals surface area contributed by atoms with Crippen molar-refractivity contribution in [2.24, 2.45) is 11.8 Å². The maximum absolute atomic E-state index is 12.7. The van der Waals surface area contributed by atoms with E-state index < -0.39 is 6.04 Å². The summed E-state index contributed by atoms with van der Waals surface area (Å²) in [6, 6.07) is 8.51. The van der Waals surface area contributed by atoms with Crippen LogP contribution in [0.4, 0.5) is 0 Å². The van der Waals surface area contributed by atoms with Gasteiger partial charge in [0.15, 0.2) is 0 Å². The first kappa shape index (κ1) is 18.2. The second-order valence-corrected chi connectivity index (χ2v) is 7.15. The Morgan fingerprint density at radius 2 is 1.85 bits per heavy atom. The molecule has 2 N–H and O–H groups in total. The molecule has 3 atom stereocenters. The molecule has 6 heteroatoms. The molecule has 0 heterocycles. The van der Waals surface area contributed by atoms with Crippen LogP contribution in [-0.4, -0.2) is 31.0 Å². The summed E-state index contributed by atoms with van der Waals surface area (Å²) in [5, 5.41) is 15.1. The van der Waals surface area contributed by atoms with Crippen LogP contribution in [0, 0.1) is 23.2 Å². The maximum atomic E-state index is 12.7. The predicted octanol–water partition coefficient (Wildman–Crippen LogP) is 2.40. The van der Waals surface area contributed by atoms with E-state index in [9.17, 15) is 14.9 Å². The van der Waals surface area contributed by atoms with Gasteiger partial charge in [0.1, 0.15) is 11.8 Å². The van der Waals surface area contributed by atoms with Crippen LogP contribution in [0.1, 0.15) is 48.9 Å². The number of benzene rings is 1. The van der Waals surface area contributed by atoms with Gasteiger partial charge in [-0.2, -0.15) is 5.26 Å². The molecule has 0 aromatic heterocycles. The molecular weight excluding hydrogens is 330 g/mol. The molecule has 2 saturated carbocycles. The zero-order valence-electron chi connectivity index (χ0n) is 15.0. The fourth-order valence-corrected chi connectivity index (χ4v) is 3.56. The lowest BCUT2D eigenvalue weighted by atomic mass is 9.83. The van der Waals surface area contributed by atoms with Gasteiger partial charge in [0.05, 0.1) is 19.1 Å². The lowest BCUT2D eigenvalue weighted by Gasteiger charge is -2.31. The summed E-state index contributed by atoms with van der Waals surface area (Å²) in [4.78, 5) is 25.2. The molecule has 2 aliphatic carbocycles. The molecule has 0 radical (unpaired) electrons. The lowest BCUT2D eigenvalue weighted by Crippen LogP contribution is -2.50. The van der Waals surface area contributed by atoms with Crippen LogP contribution in [0.2, 0.25) is 0 Å². The van der Waals surface area contributed by atoms with Gasteiger partial charge >= 0.3 is 0 Å². The third-order valence-electron chi connectivity index (χ3n) is 5.30. The van der Waals surface area contributed by atoms with E-state index in [1.165, 1.54) is 0 Å². The molecule has 1 aromatic rings. The Morgan fingerprint density at radius 1 is 1.15 bits per heavy atom. The fourth-order valence-electron chi connectivity index (χ4n) is 3.56. The van der Waals surface area contributed by atoms with E-state index in [4.69, 9.17) is 4.74 Å². The van der Waals surface area contributed by atoms with Crippen molar-refractivity contribution in [1.29, 1.82) is 5.26 Å². The number of rotatable bonds is 6. The van der Waals surface area contributed by atoms with Crippen LogP contribution in [0.15, 0.2) is 24.3 Å². The molecule has 1 aromatic carbocycles. The molecule has 2 fully saturated rings. The van der Waals surface area contributed by atoms with Crippen molar-refractivity contribution in [1.82, 2.24) is 10.6 Å². The van der Waals surface area contributed by atoms with Crippen LogP contribution < -0.4 is 15.4 Å². The number of carbonyl (C=O) groups is 2. The van der Waals surface area contributed by atoms with Gasteiger partial charge in [-0.1, -0.05) is 12.8 Å². The summed E-state index contributed by atoms with van der Waals surface area (Å²) >= 11 is 0. The maximum Gasteiger partial charge on any atom is 0.251 e. The summed E-state index contributed by atoms with van der Waals surface area (Å²) in [6.07, 6.45) is 5.47. The van der Waals surface area contributed by atoms with E-state index in [1.54, 1.807) is 31.4 Å². The number of methoxy groups -OCH3 is 1. The highest BCUT2D eigenvalue weighted by Crippen LogP contribution is 2.33. The number of carbonyl (C=O) groups excluding carboxylic acids is 2. The quantitative estimate of drug-likeness (QED) is 0.820. The minimum atomic E-state index is -0.401. The second kappa shape index (κ2) is 8.22. The third kappa shape index (κ3) is 4.34. The van der Waals surface area contributed by atoms with Gasteiger partial charge in [0.25, 0.3) is 5.91 Å². The minimum Gasteiger partial charge on any atom is -0.497 e. The molecule has 2 aliphatic rings. The van der Waals surface area contributed by atoms with E-state index in [1.807, 2.05) is 0 Å². The van der Waals surface area contributed by atoms with Crippen LogP contribution in [0.5, 0.6) is 5.75 Å². The van der Waals surface area contributed by atoms with E-state index in [0.717, 1.165) is 38.5 Å². The van der Waals surface area contributed by atoms with Crippen LogP contribution >= 0.6 is 0 Å². The van der Waals surface area contributed by atoms with Crippen molar-refractivity contribution >= 4 is 11.8 Å². The zero-order chi connectivity index (χ0) is 18.5. The Labute approximate surface area is 153 Å². The molecule has 0 spiro atoms. The fraction of sp³-hybridized carbons (Fsp3) is 0.550. The Bertz CT molecular complexity index is 691. The molecule has 138 valence electrons. The predicted molar refractivity (Wildman–Crippen MR) is 96.5 cm³/mol. The number of hydrogen-bond donors (Lipinski definition) is 2. The first-order valence-corrected chi connectivity index (χ1v) is 9.27. The van der Waals surface area contributed by atoms with Gasteiger partial charge in [0.2, 0.25) is 5.91 Å². The number of hydrogen-bond acceptors (Lipinski definition) is 4. The van der Waals surface area contributed by atoms with Gasteiger partial charge in [-0.3, -0.25) is 9.59 Å². The zero-order valence-corrected chi connectivity index (χ0v) is 15.0. The molecule has 6 nitrogen and oxygen atoms in total. The molecule has 1 unspecified atom stereocenters. The summed E-state index contributed by atoms with van der Waals surface area (Å²) in [7, 11) is 1.58. The van der Waals surface area contributed by atoms with Crippen molar-refractivity contribution in [2.75, 3.05) is 7.11 Å². The highest BCUT2D eigenvalue weighted by Gasteiger charge is 2.37. The largest absolute Gasteiger partial charge is 0.497 e. The van der Waals surface area contributed by atoms with Crippen molar-refractivity contribution in [3.8, 4) is 11.8 Å². The molecular formula is C20H25N3O3. The number of amides is 2. The normalized spacial score (nSPS) is 23.4. The van der Waals surface area contributed by atoms with Gasteiger partial charge in [-0.25, -0.2) is 0 Å². The van der Waals surface area contributed by atoms with Crippen molar-refractivity contribution < 1.29 is 14.3 Å². The van der Waals surface area contributed by atoms with Crippen LogP contribution in [0.25, 0.3) is 0 Å². The first-order valence-electron chi connectivity index (χ1n) is 9.27. The van der Waals surface area contributed by atoms with Crippen molar-refractivity contribution in [3.05, 3.63) is 29.8 Å². The third-order valence-corrected chi connectivity index (χ3v) is 5.30. The van der Waals surface area contributed by atoms with Gasteiger partial charge in [-0.05, 0) is 55.9 Å². The monoisotopic (exact) mass is 355 g/mol.